The molecular weight excluding hydrogens is 265 g/mol. The lowest BCUT2D eigenvalue weighted by molar-refractivity contribution is 0.0880. The minimum atomic E-state index is -1.00. The Hall–Kier alpha value is -2.31. The Morgan fingerprint density at radius 1 is 1.45 bits per heavy atom. The highest BCUT2D eigenvalue weighted by Crippen LogP contribution is 2.31. The van der Waals surface area contributed by atoms with E-state index in [9.17, 15) is 14.0 Å². The third kappa shape index (κ3) is 1.77. The lowest BCUT2D eigenvalue weighted by atomic mass is 10.00. The summed E-state index contributed by atoms with van der Waals surface area (Å²) in [6, 6.07) is 2.92. The molecule has 1 unspecified atom stereocenters. The summed E-state index contributed by atoms with van der Waals surface area (Å²) in [7, 11) is 0. The van der Waals surface area contributed by atoms with Crippen LogP contribution in [0.2, 0.25) is 0 Å². The molecule has 1 atom stereocenters. The van der Waals surface area contributed by atoms with Crippen molar-refractivity contribution in [3.05, 3.63) is 29.1 Å². The molecule has 0 aromatic heterocycles. The summed E-state index contributed by atoms with van der Waals surface area (Å²) in [6.45, 7) is 2.60. The summed E-state index contributed by atoms with van der Waals surface area (Å²) in [5.41, 5.74) is 1.33. The monoisotopic (exact) mass is 279 g/mol. The van der Waals surface area contributed by atoms with Crippen molar-refractivity contribution in [2.24, 2.45) is 0 Å². The number of hydrogen-bond acceptors (Lipinski definition) is 3. The third-order valence-corrected chi connectivity index (χ3v) is 3.86. The van der Waals surface area contributed by atoms with Crippen molar-refractivity contribution in [3.63, 3.8) is 0 Å². The van der Waals surface area contributed by atoms with Gasteiger partial charge in [-0.15, -0.1) is 0 Å². The standard InChI is InChI=1S/C13H14FN3O3/c1-7-8(14)2-3-9-11(7)12(18)15-10-6-16(13(19)20)4-5-17(9)10/h2-3,10H,4-6H2,1H3,(H,15,18)(H,19,20). The van der Waals surface area contributed by atoms with E-state index in [4.69, 9.17) is 5.11 Å². The second kappa shape index (κ2) is 4.36. The summed E-state index contributed by atoms with van der Waals surface area (Å²) in [5.74, 6) is -0.771. The normalized spacial score (nSPS) is 21.1. The molecule has 7 heteroatoms. The van der Waals surface area contributed by atoms with E-state index in [0.29, 0.717) is 29.9 Å². The highest BCUT2D eigenvalue weighted by Gasteiger charge is 2.37. The molecule has 20 heavy (non-hydrogen) atoms. The van der Waals surface area contributed by atoms with Gasteiger partial charge in [0, 0.05) is 13.1 Å². The number of fused-ring (bicyclic) bond motifs is 3. The summed E-state index contributed by atoms with van der Waals surface area (Å²) in [5, 5.41) is 11.8. The maximum atomic E-state index is 13.6. The van der Waals surface area contributed by atoms with E-state index < -0.39 is 18.1 Å². The SMILES string of the molecule is Cc1c(F)ccc2c1C(=O)NC1CN(C(=O)O)CCN21. The number of halogens is 1. The van der Waals surface area contributed by atoms with Gasteiger partial charge in [-0.05, 0) is 24.6 Å². The van der Waals surface area contributed by atoms with Crippen LogP contribution in [0.4, 0.5) is 14.9 Å². The molecule has 0 bridgehead atoms. The van der Waals surface area contributed by atoms with Crippen LogP contribution < -0.4 is 10.2 Å². The first-order valence-electron chi connectivity index (χ1n) is 6.33. The van der Waals surface area contributed by atoms with E-state index in [1.165, 1.54) is 11.0 Å². The smallest absolute Gasteiger partial charge is 0.407 e. The average Bonchev–Trinajstić information content (AvgIpc) is 2.41. The van der Waals surface area contributed by atoms with Crippen LogP contribution in [0.1, 0.15) is 15.9 Å². The molecule has 2 heterocycles. The molecule has 106 valence electrons. The van der Waals surface area contributed by atoms with Crippen LogP contribution in [0.25, 0.3) is 0 Å². The summed E-state index contributed by atoms with van der Waals surface area (Å²) >= 11 is 0. The quantitative estimate of drug-likeness (QED) is 0.743. The van der Waals surface area contributed by atoms with Gasteiger partial charge in [-0.3, -0.25) is 4.79 Å². The van der Waals surface area contributed by atoms with Gasteiger partial charge in [0.1, 0.15) is 12.0 Å². The molecule has 2 N–H and O–H groups in total. The maximum Gasteiger partial charge on any atom is 0.407 e. The van der Waals surface area contributed by atoms with Gasteiger partial charge in [0.2, 0.25) is 0 Å². The molecule has 0 saturated carbocycles. The van der Waals surface area contributed by atoms with Crippen molar-refractivity contribution >= 4 is 17.7 Å². The molecule has 2 aliphatic heterocycles. The number of carboxylic acid groups (broad SMARTS) is 1. The molecule has 1 saturated heterocycles. The number of benzene rings is 1. The van der Waals surface area contributed by atoms with E-state index in [2.05, 4.69) is 5.32 Å². The van der Waals surface area contributed by atoms with E-state index in [1.807, 2.05) is 4.90 Å². The Morgan fingerprint density at radius 3 is 2.90 bits per heavy atom. The van der Waals surface area contributed by atoms with Gasteiger partial charge in [0.05, 0.1) is 17.8 Å². The van der Waals surface area contributed by atoms with Gasteiger partial charge in [-0.2, -0.15) is 0 Å². The highest BCUT2D eigenvalue weighted by atomic mass is 19.1. The number of rotatable bonds is 0. The lowest BCUT2D eigenvalue weighted by Crippen LogP contribution is -2.63. The second-order valence-electron chi connectivity index (χ2n) is 4.98. The molecule has 1 aromatic rings. The van der Waals surface area contributed by atoms with Crippen LogP contribution in [0.15, 0.2) is 12.1 Å². The topological polar surface area (TPSA) is 72.9 Å². The molecule has 3 rings (SSSR count). The third-order valence-electron chi connectivity index (χ3n) is 3.86. The predicted molar refractivity (Wildman–Crippen MR) is 69.3 cm³/mol. The van der Waals surface area contributed by atoms with Crippen LogP contribution in [-0.2, 0) is 0 Å². The van der Waals surface area contributed by atoms with Crippen molar-refractivity contribution < 1.29 is 19.1 Å². The number of anilines is 1. The Labute approximate surface area is 114 Å². The van der Waals surface area contributed by atoms with E-state index in [0.717, 1.165) is 0 Å². The van der Waals surface area contributed by atoms with Crippen molar-refractivity contribution in [3.8, 4) is 0 Å². The summed E-state index contributed by atoms with van der Waals surface area (Å²) in [6.07, 6.45) is -1.40. The number of nitrogens with zero attached hydrogens (tertiary/aromatic N) is 2. The Morgan fingerprint density at radius 2 is 2.20 bits per heavy atom. The zero-order chi connectivity index (χ0) is 14.4. The van der Waals surface area contributed by atoms with Gasteiger partial charge in [-0.25, -0.2) is 9.18 Å². The Kier molecular flexibility index (Phi) is 2.77. The van der Waals surface area contributed by atoms with Crippen LogP contribution in [0.3, 0.4) is 0 Å². The summed E-state index contributed by atoms with van der Waals surface area (Å²) in [4.78, 5) is 26.3. The average molecular weight is 279 g/mol. The number of hydrogen-bond donors (Lipinski definition) is 2. The molecule has 6 nitrogen and oxygen atoms in total. The number of amides is 2. The van der Waals surface area contributed by atoms with Crippen molar-refractivity contribution in [1.29, 1.82) is 0 Å². The number of piperazine rings is 1. The second-order valence-corrected chi connectivity index (χ2v) is 4.98. The summed E-state index contributed by atoms with van der Waals surface area (Å²) < 4.78 is 13.6. The van der Waals surface area contributed by atoms with Gasteiger partial charge in [0.15, 0.2) is 0 Å². The van der Waals surface area contributed by atoms with Crippen LogP contribution in [-0.4, -0.2) is 47.8 Å². The first kappa shape index (κ1) is 12.7. The molecule has 2 aliphatic rings. The van der Waals surface area contributed by atoms with Gasteiger partial charge >= 0.3 is 6.09 Å². The minimum absolute atomic E-state index is 0.205. The van der Waals surface area contributed by atoms with Crippen molar-refractivity contribution in [2.45, 2.75) is 13.1 Å². The van der Waals surface area contributed by atoms with Gasteiger partial charge < -0.3 is 20.2 Å². The van der Waals surface area contributed by atoms with Crippen LogP contribution in [0, 0.1) is 12.7 Å². The predicted octanol–water partition coefficient (Wildman–Crippen LogP) is 1.00. The first-order chi connectivity index (χ1) is 9.49. The molecule has 0 aliphatic carbocycles. The number of carbonyl (C=O) groups is 2. The molecular formula is C13H14FN3O3. The fourth-order valence-electron chi connectivity index (χ4n) is 2.79. The first-order valence-corrected chi connectivity index (χ1v) is 6.33. The lowest BCUT2D eigenvalue weighted by Gasteiger charge is -2.45. The van der Waals surface area contributed by atoms with Gasteiger partial charge in [0.25, 0.3) is 5.91 Å². The zero-order valence-corrected chi connectivity index (χ0v) is 10.9. The fourth-order valence-corrected chi connectivity index (χ4v) is 2.79. The Bertz CT molecular complexity index is 605. The van der Waals surface area contributed by atoms with Crippen LogP contribution in [0.5, 0.6) is 0 Å². The maximum absolute atomic E-state index is 13.6. The molecule has 0 radical (unpaired) electrons. The zero-order valence-electron chi connectivity index (χ0n) is 10.9. The van der Waals surface area contributed by atoms with Crippen molar-refractivity contribution in [2.75, 3.05) is 24.5 Å². The number of carbonyl (C=O) groups excluding carboxylic acids is 1. The largest absolute Gasteiger partial charge is 0.465 e. The van der Waals surface area contributed by atoms with Crippen molar-refractivity contribution in [1.82, 2.24) is 10.2 Å². The Balaban J connectivity index is 1.99. The van der Waals surface area contributed by atoms with Crippen LogP contribution >= 0.6 is 0 Å². The molecule has 2 amide bonds. The van der Waals surface area contributed by atoms with E-state index in [1.54, 1.807) is 13.0 Å². The molecule has 0 spiro atoms. The fraction of sp³-hybridized carbons (Fsp3) is 0.385. The molecule has 1 fully saturated rings. The van der Waals surface area contributed by atoms with Gasteiger partial charge in [-0.1, -0.05) is 0 Å². The van der Waals surface area contributed by atoms with E-state index >= 15 is 0 Å². The number of nitrogens with one attached hydrogen (secondary N) is 1. The van der Waals surface area contributed by atoms with E-state index in [-0.39, 0.29) is 12.5 Å². The molecule has 1 aromatic carbocycles. The minimum Gasteiger partial charge on any atom is -0.465 e. The highest BCUT2D eigenvalue weighted by molar-refractivity contribution is 6.03.